The first kappa shape index (κ1) is 34.6. The van der Waals surface area contributed by atoms with Crippen molar-refractivity contribution in [3.05, 3.63) is 0 Å². The summed E-state index contributed by atoms with van der Waals surface area (Å²) < 4.78 is 21.0. The zero-order valence-electron chi connectivity index (χ0n) is 26.6. The summed E-state index contributed by atoms with van der Waals surface area (Å²) in [5.74, 6) is 4.95. The molecule has 0 amide bonds. The largest absolute Gasteiger partial charge is 0.390 e. The first-order valence-electron chi connectivity index (χ1n) is 16.2. The van der Waals surface area contributed by atoms with Gasteiger partial charge in [0.2, 0.25) is 0 Å². The van der Waals surface area contributed by atoms with Gasteiger partial charge >= 0.3 is 8.60 Å². The molecule has 4 fully saturated rings. The fraction of sp³-hybridized carbons (Fsp3) is 1.00. The van der Waals surface area contributed by atoms with E-state index in [1.54, 1.807) is 0 Å². The fourth-order valence-electron chi connectivity index (χ4n) is 8.82. The van der Waals surface area contributed by atoms with Crippen LogP contribution in [-0.4, -0.2) is 67.0 Å². The molecule has 2 saturated carbocycles. The van der Waals surface area contributed by atoms with Gasteiger partial charge in [0.25, 0.3) is 0 Å². The molecule has 4 aliphatic rings. The molecular formula is C32H61O7P. The predicted octanol–water partition coefficient (Wildman–Crippen LogP) is 6.43. The molecule has 0 aromatic rings. The molecule has 7 nitrogen and oxygen atoms in total. The first-order valence-corrected chi connectivity index (χ1v) is 17.3. The highest BCUT2D eigenvalue weighted by atomic mass is 31.2. The van der Waals surface area contributed by atoms with Gasteiger partial charge in [0, 0.05) is 14.2 Å². The number of rotatable bonds is 7. The van der Waals surface area contributed by atoms with Gasteiger partial charge in [-0.25, -0.2) is 0 Å². The number of hydrogen-bond donors (Lipinski definition) is 3. The van der Waals surface area contributed by atoms with Gasteiger partial charge in [0.15, 0.2) is 0 Å². The van der Waals surface area contributed by atoms with Gasteiger partial charge in [-0.1, -0.05) is 40.5 Å². The Morgan fingerprint density at radius 3 is 1.30 bits per heavy atom. The van der Waals surface area contributed by atoms with Crippen molar-refractivity contribution in [2.24, 2.45) is 59.2 Å². The summed E-state index contributed by atoms with van der Waals surface area (Å²) in [6.07, 6.45) is 8.91. The second-order valence-electron chi connectivity index (χ2n) is 13.8. The second kappa shape index (κ2) is 16.3. The van der Waals surface area contributed by atoms with Crippen molar-refractivity contribution in [1.82, 2.24) is 0 Å². The molecule has 8 heteroatoms. The molecule has 0 aromatic heterocycles. The van der Waals surface area contributed by atoms with Crippen molar-refractivity contribution in [2.45, 2.75) is 117 Å². The molecule has 236 valence electrons. The van der Waals surface area contributed by atoms with E-state index in [2.05, 4.69) is 50.6 Å². The lowest BCUT2D eigenvalue weighted by atomic mass is 9.59. The van der Waals surface area contributed by atoms with Crippen LogP contribution in [0.25, 0.3) is 0 Å². The first-order chi connectivity index (χ1) is 19.0. The van der Waals surface area contributed by atoms with Crippen LogP contribution in [0, 0.1) is 59.2 Å². The molecule has 10 unspecified atom stereocenters. The Morgan fingerprint density at radius 1 is 0.600 bits per heavy atom. The molecule has 0 bridgehead atoms. The van der Waals surface area contributed by atoms with E-state index in [-0.39, 0.29) is 11.8 Å². The highest BCUT2D eigenvalue weighted by Gasteiger charge is 2.47. The summed E-state index contributed by atoms with van der Waals surface area (Å²) in [6.45, 7) is 15.3. The number of aliphatic hydroxyl groups is 2. The SMILES string of the molecule is CC1CCC2C(CO1)[C@H](C(C)C(O)C(O)C(C)[C@@H]1CC[C@@H](C)C3CCC(C)OCC31)CC[C@H]2C.COP(O)OC. The second-order valence-corrected chi connectivity index (χ2v) is 15.0. The minimum Gasteiger partial charge on any atom is -0.390 e. The summed E-state index contributed by atoms with van der Waals surface area (Å²) in [6, 6.07) is 0. The molecule has 2 saturated heterocycles. The van der Waals surface area contributed by atoms with Gasteiger partial charge in [0.1, 0.15) is 0 Å². The fourth-order valence-corrected chi connectivity index (χ4v) is 8.97. The molecule has 0 radical (unpaired) electrons. The lowest BCUT2D eigenvalue weighted by molar-refractivity contribution is -0.106. The van der Waals surface area contributed by atoms with E-state index in [0.717, 1.165) is 50.7 Å². The molecular weight excluding hydrogens is 527 g/mol. The zero-order chi connectivity index (χ0) is 29.6. The van der Waals surface area contributed by atoms with Gasteiger partial charge in [-0.05, 0) is 112 Å². The van der Waals surface area contributed by atoms with Crippen LogP contribution in [0.2, 0.25) is 0 Å². The van der Waals surface area contributed by atoms with Gasteiger partial charge < -0.3 is 33.6 Å². The minimum absolute atomic E-state index is 0.0955. The van der Waals surface area contributed by atoms with Crippen LogP contribution >= 0.6 is 8.60 Å². The molecule has 0 aromatic carbocycles. The van der Waals surface area contributed by atoms with Gasteiger partial charge in [0.05, 0.1) is 37.6 Å². The van der Waals surface area contributed by atoms with E-state index < -0.39 is 20.8 Å². The third kappa shape index (κ3) is 8.62. The van der Waals surface area contributed by atoms with E-state index in [1.807, 2.05) is 0 Å². The lowest BCUT2D eigenvalue weighted by Crippen LogP contribution is -2.49. The quantitative estimate of drug-likeness (QED) is 0.295. The number of ether oxygens (including phenoxy) is 2. The van der Waals surface area contributed by atoms with Crippen LogP contribution in [0.3, 0.4) is 0 Å². The Balaban J connectivity index is 0.000000663. The molecule has 2 aliphatic heterocycles. The molecule has 2 heterocycles. The summed E-state index contributed by atoms with van der Waals surface area (Å²) >= 11 is 0. The van der Waals surface area contributed by atoms with Gasteiger partial charge in [-0.3, -0.25) is 0 Å². The normalized spacial score (nSPS) is 41.7. The van der Waals surface area contributed by atoms with E-state index in [0.29, 0.717) is 47.7 Å². The van der Waals surface area contributed by atoms with Crippen molar-refractivity contribution in [3.63, 3.8) is 0 Å². The average molecular weight is 589 g/mol. The van der Waals surface area contributed by atoms with Crippen LogP contribution in [0.15, 0.2) is 0 Å². The lowest BCUT2D eigenvalue weighted by Gasteiger charge is -2.47. The van der Waals surface area contributed by atoms with Gasteiger partial charge in [-0.2, -0.15) is 0 Å². The Bertz CT molecular complexity index is 669. The van der Waals surface area contributed by atoms with E-state index >= 15 is 0 Å². The maximum Gasteiger partial charge on any atom is 0.329 e. The topological polar surface area (TPSA) is 97.6 Å². The van der Waals surface area contributed by atoms with E-state index in [9.17, 15) is 10.2 Å². The average Bonchev–Trinajstić information content (AvgIpc) is 3.28. The number of aliphatic hydroxyl groups excluding tert-OH is 2. The molecule has 3 N–H and O–H groups in total. The van der Waals surface area contributed by atoms with Crippen LogP contribution in [0.5, 0.6) is 0 Å². The summed E-state index contributed by atoms with van der Waals surface area (Å²) in [5.41, 5.74) is 0. The molecule has 4 rings (SSSR count). The Kier molecular flexibility index (Phi) is 14.1. The highest BCUT2D eigenvalue weighted by Crippen LogP contribution is 2.49. The zero-order valence-corrected chi connectivity index (χ0v) is 27.5. The number of fused-ring (bicyclic) bond motifs is 2. The van der Waals surface area contributed by atoms with Crippen LogP contribution in [0.4, 0.5) is 0 Å². The molecule has 14 atom stereocenters. The maximum absolute atomic E-state index is 11.5. The summed E-state index contributed by atoms with van der Waals surface area (Å²) in [7, 11) is 1.19. The highest BCUT2D eigenvalue weighted by molar-refractivity contribution is 7.40. The summed E-state index contributed by atoms with van der Waals surface area (Å²) in [4.78, 5) is 8.29. The van der Waals surface area contributed by atoms with Crippen molar-refractivity contribution in [1.29, 1.82) is 0 Å². The Hall–Kier alpha value is 0.150. The van der Waals surface area contributed by atoms with Crippen LogP contribution in [0.1, 0.15) is 92.9 Å². The van der Waals surface area contributed by atoms with Gasteiger partial charge in [-0.15, -0.1) is 0 Å². The van der Waals surface area contributed by atoms with Crippen molar-refractivity contribution in [3.8, 4) is 0 Å². The number of hydrogen-bond acceptors (Lipinski definition) is 7. The van der Waals surface area contributed by atoms with Crippen LogP contribution in [-0.2, 0) is 18.5 Å². The smallest absolute Gasteiger partial charge is 0.329 e. The van der Waals surface area contributed by atoms with E-state index in [1.165, 1.54) is 39.9 Å². The Morgan fingerprint density at radius 2 is 0.975 bits per heavy atom. The Labute approximate surface area is 246 Å². The monoisotopic (exact) mass is 588 g/mol. The van der Waals surface area contributed by atoms with Crippen LogP contribution < -0.4 is 0 Å². The molecule has 40 heavy (non-hydrogen) atoms. The third-order valence-electron chi connectivity index (χ3n) is 11.6. The maximum atomic E-state index is 11.5. The van der Waals surface area contributed by atoms with Crippen molar-refractivity contribution >= 4 is 8.60 Å². The van der Waals surface area contributed by atoms with Crippen molar-refractivity contribution in [2.75, 3.05) is 27.4 Å². The summed E-state index contributed by atoms with van der Waals surface area (Å²) in [5, 5.41) is 23.1. The minimum atomic E-state index is -1.58. The predicted molar refractivity (Wildman–Crippen MR) is 161 cm³/mol. The van der Waals surface area contributed by atoms with Crippen molar-refractivity contribution < 1.29 is 33.6 Å². The third-order valence-corrected chi connectivity index (χ3v) is 12.2. The van der Waals surface area contributed by atoms with E-state index in [4.69, 9.17) is 14.4 Å². The molecule has 2 aliphatic carbocycles. The molecule has 0 spiro atoms. The standard InChI is InChI=1S/C30H54O4.C2H7O3P/c1-17-7-11-25(27-15-33-19(3)9-13-23(17)27)21(5)29(31)30(32)22(6)26-12-8-18(2)24-14-10-20(4)34-16-28(24)26;1-4-6(3)5-2/h17-32H,7-16H2,1-6H3;3H,1-2H3/t17-,18-,19?,20?,21?,22?,23?,24?,25+,26+,27?,28?,29?,30?;/m1./s1.